The Kier molecular flexibility index (Phi) is 4.66. The Morgan fingerprint density at radius 3 is 2.79 bits per heavy atom. The second-order valence-corrected chi connectivity index (χ2v) is 5.56. The van der Waals surface area contributed by atoms with E-state index in [9.17, 15) is 0 Å². The van der Waals surface area contributed by atoms with E-state index in [1.807, 2.05) is 32.3 Å². The van der Waals surface area contributed by atoms with Crippen molar-refractivity contribution in [2.45, 2.75) is 26.3 Å². The Hall–Kier alpha value is -1.26. The predicted molar refractivity (Wildman–Crippen MR) is 81.2 cm³/mol. The summed E-state index contributed by atoms with van der Waals surface area (Å²) >= 11 is 3.48. The van der Waals surface area contributed by atoms with Gasteiger partial charge in [0.05, 0.1) is 0 Å². The molecule has 0 saturated heterocycles. The number of halogens is 1. The van der Waals surface area contributed by atoms with E-state index in [1.165, 1.54) is 5.56 Å². The Morgan fingerprint density at radius 2 is 2.16 bits per heavy atom. The second-order valence-electron chi connectivity index (χ2n) is 4.64. The minimum atomic E-state index is 0.278. The third kappa shape index (κ3) is 3.61. The van der Waals surface area contributed by atoms with E-state index in [-0.39, 0.29) is 6.04 Å². The second kappa shape index (κ2) is 6.26. The molecule has 0 radical (unpaired) electrons. The quantitative estimate of drug-likeness (QED) is 0.938. The van der Waals surface area contributed by atoms with Crippen LogP contribution in [0.25, 0.3) is 0 Å². The number of aryl methyl sites for hydroxylation is 1. The molecule has 3 nitrogen and oxygen atoms in total. The fourth-order valence-corrected chi connectivity index (χ4v) is 2.47. The molecule has 1 heterocycles. The average Bonchev–Trinajstić information content (AvgIpc) is 2.38. The Morgan fingerprint density at radius 1 is 1.37 bits per heavy atom. The van der Waals surface area contributed by atoms with Crippen molar-refractivity contribution in [3.05, 3.63) is 57.6 Å². The number of nitrogens with zero attached hydrogens (tertiary/aromatic N) is 2. The fourth-order valence-electron chi connectivity index (χ4n) is 2.02. The van der Waals surface area contributed by atoms with Gasteiger partial charge >= 0.3 is 0 Å². The molecule has 0 bridgehead atoms. The predicted octanol–water partition coefficient (Wildman–Crippen LogP) is 3.42. The molecule has 0 aliphatic carbocycles. The Balaban J connectivity index is 2.21. The van der Waals surface area contributed by atoms with E-state index in [0.29, 0.717) is 0 Å². The first-order valence-electron chi connectivity index (χ1n) is 6.34. The first kappa shape index (κ1) is 14.2. The SMILES string of the molecule is CNC(C)c1cnc(Cc2cccc(Br)c2)nc1C. The maximum Gasteiger partial charge on any atom is 0.132 e. The lowest BCUT2D eigenvalue weighted by atomic mass is 10.1. The van der Waals surface area contributed by atoms with Crippen molar-refractivity contribution in [2.75, 3.05) is 7.05 Å². The Bertz CT molecular complexity index is 569. The monoisotopic (exact) mass is 319 g/mol. The largest absolute Gasteiger partial charge is 0.313 e. The van der Waals surface area contributed by atoms with Crippen molar-refractivity contribution in [1.82, 2.24) is 15.3 Å². The zero-order valence-electron chi connectivity index (χ0n) is 11.4. The highest BCUT2D eigenvalue weighted by molar-refractivity contribution is 9.10. The molecule has 4 heteroatoms. The molecule has 2 aromatic rings. The zero-order chi connectivity index (χ0) is 13.8. The molecule has 1 atom stereocenters. The molecular formula is C15H18BrN3. The van der Waals surface area contributed by atoms with Crippen LogP contribution < -0.4 is 5.32 Å². The van der Waals surface area contributed by atoms with Crippen LogP contribution in [0.4, 0.5) is 0 Å². The lowest BCUT2D eigenvalue weighted by Gasteiger charge is -2.13. The van der Waals surface area contributed by atoms with Crippen molar-refractivity contribution in [2.24, 2.45) is 0 Å². The van der Waals surface area contributed by atoms with Gasteiger partial charge < -0.3 is 5.32 Å². The van der Waals surface area contributed by atoms with Gasteiger partial charge in [-0.25, -0.2) is 9.97 Å². The van der Waals surface area contributed by atoms with Crippen LogP contribution in [-0.2, 0) is 6.42 Å². The lowest BCUT2D eigenvalue weighted by molar-refractivity contribution is 0.638. The van der Waals surface area contributed by atoms with Crippen LogP contribution >= 0.6 is 15.9 Å². The molecule has 0 fully saturated rings. The highest BCUT2D eigenvalue weighted by atomic mass is 79.9. The fraction of sp³-hybridized carbons (Fsp3) is 0.333. The van der Waals surface area contributed by atoms with E-state index >= 15 is 0 Å². The van der Waals surface area contributed by atoms with Gasteiger partial charge in [0.2, 0.25) is 0 Å². The number of nitrogens with one attached hydrogen (secondary N) is 1. The van der Waals surface area contributed by atoms with Crippen molar-refractivity contribution in [3.8, 4) is 0 Å². The summed E-state index contributed by atoms with van der Waals surface area (Å²) in [7, 11) is 1.94. The lowest BCUT2D eigenvalue weighted by Crippen LogP contribution is -2.15. The highest BCUT2D eigenvalue weighted by Crippen LogP contribution is 2.17. The number of benzene rings is 1. The van der Waals surface area contributed by atoms with Gasteiger partial charge in [0.15, 0.2) is 0 Å². The number of rotatable bonds is 4. The van der Waals surface area contributed by atoms with Crippen molar-refractivity contribution >= 4 is 15.9 Å². The summed E-state index contributed by atoms with van der Waals surface area (Å²) in [6, 6.07) is 8.52. The molecule has 0 aliphatic heterocycles. The summed E-state index contributed by atoms with van der Waals surface area (Å²) in [6.45, 7) is 4.15. The molecule has 0 saturated carbocycles. The minimum Gasteiger partial charge on any atom is -0.313 e. The summed E-state index contributed by atoms with van der Waals surface area (Å²) in [5, 5.41) is 3.21. The van der Waals surface area contributed by atoms with Gasteiger partial charge in [-0.3, -0.25) is 0 Å². The number of hydrogen-bond donors (Lipinski definition) is 1. The molecule has 0 amide bonds. The third-order valence-corrected chi connectivity index (χ3v) is 3.71. The van der Waals surface area contributed by atoms with Gasteiger partial charge in [0.1, 0.15) is 5.82 Å². The molecule has 19 heavy (non-hydrogen) atoms. The smallest absolute Gasteiger partial charge is 0.132 e. The summed E-state index contributed by atoms with van der Waals surface area (Å²) in [5.74, 6) is 0.864. The standard InChI is InChI=1S/C15H18BrN3/c1-10(17-3)14-9-18-15(19-11(14)2)8-12-5-4-6-13(16)7-12/h4-7,9-10,17H,8H2,1-3H3. The van der Waals surface area contributed by atoms with E-state index in [2.05, 4.69) is 50.3 Å². The number of hydrogen-bond acceptors (Lipinski definition) is 3. The van der Waals surface area contributed by atoms with Crippen molar-refractivity contribution < 1.29 is 0 Å². The van der Waals surface area contributed by atoms with Crippen LogP contribution in [0.1, 0.15) is 35.6 Å². The van der Waals surface area contributed by atoms with Gasteiger partial charge in [0.25, 0.3) is 0 Å². The molecule has 1 aromatic carbocycles. The molecular weight excluding hydrogens is 302 g/mol. The molecule has 0 aliphatic rings. The summed E-state index contributed by atoms with van der Waals surface area (Å²) in [6.07, 6.45) is 2.69. The van der Waals surface area contributed by atoms with Crippen LogP contribution in [0, 0.1) is 6.92 Å². The molecule has 1 aromatic heterocycles. The van der Waals surface area contributed by atoms with E-state index < -0.39 is 0 Å². The maximum absolute atomic E-state index is 4.60. The van der Waals surface area contributed by atoms with Gasteiger partial charge in [-0.1, -0.05) is 28.1 Å². The van der Waals surface area contributed by atoms with Crippen LogP contribution in [-0.4, -0.2) is 17.0 Å². The van der Waals surface area contributed by atoms with E-state index in [4.69, 9.17) is 0 Å². The van der Waals surface area contributed by atoms with Gasteiger partial charge in [0, 0.05) is 34.4 Å². The van der Waals surface area contributed by atoms with Crippen LogP contribution in [0.2, 0.25) is 0 Å². The first-order valence-corrected chi connectivity index (χ1v) is 7.13. The van der Waals surface area contributed by atoms with Crippen LogP contribution in [0.15, 0.2) is 34.9 Å². The summed E-state index contributed by atoms with van der Waals surface area (Å²) in [5.41, 5.74) is 3.41. The normalized spacial score (nSPS) is 12.4. The van der Waals surface area contributed by atoms with E-state index in [1.54, 1.807) is 0 Å². The molecule has 0 spiro atoms. The average molecular weight is 320 g/mol. The summed E-state index contributed by atoms with van der Waals surface area (Å²) < 4.78 is 1.09. The number of aromatic nitrogens is 2. The van der Waals surface area contributed by atoms with Gasteiger partial charge in [-0.15, -0.1) is 0 Å². The van der Waals surface area contributed by atoms with Gasteiger partial charge in [-0.2, -0.15) is 0 Å². The first-order chi connectivity index (χ1) is 9.10. The third-order valence-electron chi connectivity index (χ3n) is 3.22. The molecule has 2 rings (SSSR count). The topological polar surface area (TPSA) is 37.8 Å². The van der Waals surface area contributed by atoms with Crippen molar-refractivity contribution in [1.29, 1.82) is 0 Å². The van der Waals surface area contributed by atoms with Gasteiger partial charge in [-0.05, 0) is 38.6 Å². The summed E-state index contributed by atoms with van der Waals surface area (Å²) in [4.78, 5) is 9.07. The zero-order valence-corrected chi connectivity index (χ0v) is 13.0. The molecule has 1 unspecified atom stereocenters. The van der Waals surface area contributed by atoms with Crippen molar-refractivity contribution in [3.63, 3.8) is 0 Å². The van der Waals surface area contributed by atoms with Crippen LogP contribution in [0.3, 0.4) is 0 Å². The highest BCUT2D eigenvalue weighted by Gasteiger charge is 2.09. The minimum absolute atomic E-state index is 0.278. The molecule has 1 N–H and O–H groups in total. The maximum atomic E-state index is 4.60. The molecule has 100 valence electrons. The Labute approximate surface area is 122 Å². The van der Waals surface area contributed by atoms with E-state index in [0.717, 1.165) is 28.0 Å². The van der Waals surface area contributed by atoms with Crippen LogP contribution in [0.5, 0.6) is 0 Å².